The van der Waals surface area contributed by atoms with Crippen LogP contribution in [0.3, 0.4) is 0 Å². The fourth-order valence-corrected chi connectivity index (χ4v) is 3.73. The summed E-state index contributed by atoms with van der Waals surface area (Å²) >= 11 is 0. The normalized spacial score (nSPS) is 16.0. The topological polar surface area (TPSA) is 46.5 Å². The molecule has 1 aromatic heterocycles. The van der Waals surface area contributed by atoms with Gasteiger partial charge in [0.2, 0.25) is 6.17 Å². The number of fused-ring (bicyclic) bond motifs is 2. The van der Waals surface area contributed by atoms with Crippen LogP contribution in [0.2, 0.25) is 0 Å². The number of aromatic amines is 1. The molecule has 2 heterocycles. The fraction of sp³-hybridized carbons (Fsp3) is 0.0833. The molecule has 4 heteroatoms. The molecule has 4 aromatic rings. The highest BCUT2D eigenvalue weighted by atomic mass is 16.2. The maximum Gasteiger partial charge on any atom is 0.287 e. The maximum absolute atomic E-state index is 13.6. The summed E-state index contributed by atoms with van der Waals surface area (Å²) in [5.74, 6) is 0.731. The highest BCUT2D eigenvalue weighted by Crippen LogP contribution is 2.35. The van der Waals surface area contributed by atoms with E-state index in [0.29, 0.717) is 5.56 Å². The van der Waals surface area contributed by atoms with Gasteiger partial charge in [-0.15, -0.1) is 0 Å². The molecule has 28 heavy (non-hydrogen) atoms. The van der Waals surface area contributed by atoms with Crippen LogP contribution in [0.25, 0.3) is 10.9 Å². The number of anilines is 2. The third-order valence-corrected chi connectivity index (χ3v) is 5.21. The van der Waals surface area contributed by atoms with Crippen molar-refractivity contribution in [2.24, 2.45) is 0 Å². The Kier molecular flexibility index (Phi) is 3.83. The molecular weight excluding hydrogens is 346 g/mol. The van der Waals surface area contributed by atoms with Gasteiger partial charge in [-0.3, -0.25) is 9.69 Å². The molecule has 1 aliphatic rings. The maximum atomic E-state index is 13.6. The lowest BCUT2D eigenvalue weighted by Crippen LogP contribution is -2.45. The third-order valence-electron chi connectivity index (χ3n) is 5.21. The number of nitrogens with one attached hydrogen (secondary N) is 2. The van der Waals surface area contributed by atoms with Gasteiger partial charge in [0, 0.05) is 16.6 Å². The van der Waals surface area contributed by atoms with Crippen LogP contribution in [-0.4, -0.2) is 5.91 Å². The largest absolute Gasteiger partial charge is 0.287 e. The first-order chi connectivity index (χ1) is 13.7. The van der Waals surface area contributed by atoms with E-state index >= 15 is 0 Å². The van der Waals surface area contributed by atoms with Crippen molar-refractivity contribution in [3.8, 4) is 0 Å². The molecule has 136 valence electrons. The van der Waals surface area contributed by atoms with Crippen molar-refractivity contribution in [1.82, 2.24) is 0 Å². The average molecular weight is 366 g/mol. The van der Waals surface area contributed by atoms with Crippen LogP contribution < -0.4 is 15.2 Å². The van der Waals surface area contributed by atoms with E-state index in [1.165, 1.54) is 5.56 Å². The summed E-state index contributed by atoms with van der Waals surface area (Å²) in [5, 5.41) is 4.57. The summed E-state index contributed by atoms with van der Waals surface area (Å²) < 4.78 is 0. The van der Waals surface area contributed by atoms with Gasteiger partial charge in [0.25, 0.3) is 11.7 Å². The number of aromatic nitrogens is 1. The van der Waals surface area contributed by atoms with Crippen molar-refractivity contribution in [2.75, 3.05) is 10.2 Å². The van der Waals surface area contributed by atoms with Crippen molar-refractivity contribution >= 4 is 28.3 Å². The number of hydrogen-bond donors (Lipinski definition) is 1. The van der Waals surface area contributed by atoms with E-state index in [4.69, 9.17) is 0 Å². The molecule has 0 radical (unpaired) electrons. The number of amides is 1. The summed E-state index contributed by atoms with van der Waals surface area (Å²) in [6.07, 6.45) is -0.291. The lowest BCUT2D eigenvalue weighted by Gasteiger charge is -2.33. The summed E-state index contributed by atoms with van der Waals surface area (Å²) in [4.78, 5) is 18.8. The summed E-state index contributed by atoms with van der Waals surface area (Å²) in [6, 6.07) is 28.1. The Morgan fingerprint density at radius 1 is 0.893 bits per heavy atom. The number of H-pyrrole nitrogens is 1. The Labute approximate surface area is 163 Å². The number of pyridine rings is 1. The third kappa shape index (κ3) is 2.70. The number of carbonyl (C=O) groups excluding carboxylic acids is 1. The number of aryl methyl sites for hydroxylation is 1. The van der Waals surface area contributed by atoms with E-state index in [-0.39, 0.29) is 12.1 Å². The van der Waals surface area contributed by atoms with Gasteiger partial charge in [-0.1, -0.05) is 66.2 Å². The fourth-order valence-electron chi connectivity index (χ4n) is 3.73. The summed E-state index contributed by atoms with van der Waals surface area (Å²) in [6.45, 7) is 2.06. The molecule has 0 bridgehead atoms. The molecule has 0 unspecified atom stereocenters. The van der Waals surface area contributed by atoms with E-state index in [1.54, 1.807) is 0 Å². The molecule has 1 amide bonds. The molecule has 5 rings (SSSR count). The van der Waals surface area contributed by atoms with E-state index in [2.05, 4.69) is 41.5 Å². The van der Waals surface area contributed by atoms with Crippen molar-refractivity contribution < 1.29 is 9.78 Å². The van der Waals surface area contributed by atoms with Crippen LogP contribution in [0.1, 0.15) is 27.7 Å². The Bertz CT molecular complexity index is 1170. The van der Waals surface area contributed by atoms with Crippen LogP contribution in [-0.2, 0) is 0 Å². The predicted molar refractivity (Wildman–Crippen MR) is 111 cm³/mol. The molecule has 1 atom stereocenters. The zero-order valence-electron chi connectivity index (χ0n) is 15.5. The number of hydrogen-bond acceptors (Lipinski definition) is 2. The van der Waals surface area contributed by atoms with Gasteiger partial charge in [0.1, 0.15) is 11.1 Å². The van der Waals surface area contributed by atoms with Crippen molar-refractivity contribution in [3.05, 3.63) is 102 Å². The molecule has 4 nitrogen and oxygen atoms in total. The first-order valence-electron chi connectivity index (χ1n) is 9.37. The van der Waals surface area contributed by atoms with Gasteiger partial charge in [-0.25, -0.2) is 10.3 Å². The Morgan fingerprint density at radius 2 is 1.61 bits per heavy atom. The molecule has 0 saturated carbocycles. The minimum absolute atomic E-state index is 0.0208. The number of rotatable bonds is 2. The second-order valence-electron chi connectivity index (χ2n) is 7.11. The number of carbonyl (C=O) groups is 1. The summed E-state index contributed by atoms with van der Waals surface area (Å²) in [7, 11) is 0. The molecule has 3 aromatic carbocycles. The minimum Gasteiger partial charge on any atom is -0.268 e. The zero-order chi connectivity index (χ0) is 19.1. The lowest BCUT2D eigenvalue weighted by atomic mass is 10.0. The second kappa shape index (κ2) is 6.50. The first kappa shape index (κ1) is 16.5. The van der Waals surface area contributed by atoms with E-state index in [0.717, 1.165) is 28.0 Å². The number of para-hydroxylation sites is 2. The number of nitrogens with zero attached hydrogens (tertiary/aromatic N) is 1. The molecule has 0 spiro atoms. The monoisotopic (exact) mass is 366 g/mol. The average Bonchev–Trinajstić information content (AvgIpc) is 2.74. The van der Waals surface area contributed by atoms with Gasteiger partial charge < -0.3 is 0 Å². The summed E-state index contributed by atoms with van der Waals surface area (Å²) in [5.41, 5.74) is 4.73. The lowest BCUT2D eigenvalue weighted by molar-refractivity contribution is -0.328. The Morgan fingerprint density at radius 3 is 2.39 bits per heavy atom. The van der Waals surface area contributed by atoms with Crippen LogP contribution in [0, 0.1) is 6.92 Å². The minimum atomic E-state index is -0.291. The highest BCUT2D eigenvalue weighted by molar-refractivity contribution is 6.12. The van der Waals surface area contributed by atoms with Gasteiger partial charge in [0.15, 0.2) is 0 Å². The van der Waals surface area contributed by atoms with E-state index < -0.39 is 0 Å². The molecule has 0 fully saturated rings. The van der Waals surface area contributed by atoms with Crippen molar-refractivity contribution in [2.45, 2.75) is 13.1 Å². The van der Waals surface area contributed by atoms with Crippen LogP contribution >= 0.6 is 0 Å². The van der Waals surface area contributed by atoms with Gasteiger partial charge in [-0.05, 0) is 31.2 Å². The number of benzene rings is 3. The van der Waals surface area contributed by atoms with E-state index in [1.807, 2.05) is 65.6 Å². The SMILES string of the molecule is Cc1ccc([C@@H]2Nc3[nH+]c4ccccc4cc3C(=O)N2c2ccccc2)cc1. The first-order valence-corrected chi connectivity index (χ1v) is 9.37. The van der Waals surface area contributed by atoms with Crippen LogP contribution in [0.5, 0.6) is 0 Å². The van der Waals surface area contributed by atoms with Gasteiger partial charge in [0.05, 0.1) is 0 Å². The zero-order valence-corrected chi connectivity index (χ0v) is 15.5. The van der Waals surface area contributed by atoms with E-state index in [9.17, 15) is 4.79 Å². The molecule has 0 aliphatic carbocycles. The molecule has 1 aliphatic heterocycles. The Hall–Kier alpha value is -3.66. The smallest absolute Gasteiger partial charge is 0.268 e. The standard InChI is InChI=1S/C24H19N3O/c1-16-11-13-17(14-12-16)23-26-22-20(15-18-7-5-6-10-21(18)25-22)24(28)27(23)19-8-3-2-4-9-19/h2-15,23H,1H3,(H,25,26)/p+1/t23-/m1/s1. The molecule has 0 saturated heterocycles. The quantitative estimate of drug-likeness (QED) is 0.557. The molecular formula is C24H20N3O+. The molecule has 2 N–H and O–H groups in total. The van der Waals surface area contributed by atoms with Crippen LogP contribution in [0.15, 0.2) is 84.9 Å². The van der Waals surface area contributed by atoms with Crippen LogP contribution in [0.4, 0.5) is 11.5 Å². The Balaban J connectivity index is 1.70. The van der Waals surface area contributed by atoms with Gasteiger partial charge in [-0.2, -0.15) is 0 Å². The predicted octanol–water partition coefficient (Wildman–Crippen LogP) is 4.73. The van der Waals surface area contributed by atoms with Gasteiger partial charge >= 0.3 is 0 Å². The van der Waals surface area contributed by atoms with Crippen molar-refractivity contribution in [3.63, 3.8) is 0 Å². The highest BCUT2D eigenvalue weighted by Gasteiger charge is 2.39. The second-order valence-corrected chi connectivity index (χ2v) is 7.11. The van der Waals surface area contributed by atoms with Crippen molar-refractivity contribution in [1.29, 1.82) is 0 Å².